The Morgan fingerprint density at radius 1 is 1.25 bits per heavy atom. The van der Waals surface area contributed by atoms with Gasteiger partial charge in [0.05, 0.1) is 0 Å². The molecule has 1 amide bonds. The van der Waals surface area contributed by atoms with E-state index in [1.807, 2.05) is 25.1 Å². The van der Waals surface area contributed by atoms with Gasteiger partial charge in [-0.3, -0.25) is 4.79 Å². The zero-order chi connectivity index (χ0) is 11.8. The van der Waals surface area contributed by atoms with Crippen molar-refractivity contribution in [2.75, 3.05) is 13.1 Å². The average Bonchev–Trinajstić information content (AvgIpc) is 2.35. The Kier molecular flexibility index (Phi) is 5.26. The maximum Gasteiger partial charge on any atom is 0.253 e. The Hall–Kier alpha value is -1.64. The van der Waals surface area contributed by atoms with Crippen LogP contribution in [0.2, 0.25) is 0 Å². The SMILES string of the molecule is CCCN(CCC=O)C(=O)c1ccccc1. The minimum atomic E-state index is 0.00398. The molecule has 1 aromatic rings. The lowest BCUT2D eigenvalue weighted by Crippen LogP contribution is -2.32. The highest BCUT2D eigenvalue weighted by atomic mass is 16.2. The molecule has 3 heteroatoms. The maximum absolute atomic E-state index is 12.1. The standard InChI is InChI=1S/C13H17NO2/c1-2-9-14(10-6-11-15)13(16)12-7-4-3-5-8-12/h3-5,7-8,11H,2,6,9-10H2,1H3. The molecule has 0 unspecified atom stereocenters. The third kappa shape index (κ3) is 3.50. The summed E-state index contributed by atoms with van der Waals surface area (Å²) in [7, 11) is 0. The number of aldehydes is 1. The zero-order valence-electron chi connectivity index (χ0n) is 9.56. The first-order chi connectivity index (χ1) is 7.79. The highest BCUT2D eigenvalue weighted by Gasteiger charge is 2.13. The molecule has 0 spiro atoms. The van der Waals surface area contributed by atoms with E-state index in [-0.39, 0.29) is 5.91 Å². The van der Waals surface area contributed by atoms with E-state index in [2.05, 4.69) is 0 Å². The Morgan fingerprint density at radius 2 is 1.94 bits per heavy atom. The lowest BCUT2D eigenvalue weighted by atomic mass is 10.2. The molecule has 0 fully saturated rings. The van der Waals surface area contributed by atoms with Gasteiger partial charge < -0.3 is 9.69 Å². The monoisotopic (exact) mass is 219 g/mol. The smallest absolute Gasteiger partial charge is 0.253 e. The molecule has 0 atom stereocenters. The van der Waals surface area contributed by atoms with Crippen molar-refractivity contribution in [3.8, 4) is 0 Å². The molecule has 16 heavy (non-hydrogen) atoms. The second-order valence-corrected chi connectivity index (χ2v) is 3.61. The first-order valence-corrected chi connectivity index (χ1v) is 5.57. The molecule has 0 radical (unpaired) electrons. The van der Waals surface area contributed by atoms with Gasteiger partial charge in [0.25, 0.3) is 5.91 Å². The molecule has 1 rings (SSSR count). The summed E-state index contributed by atoms with van der Waals surface area (Å²) in [5, 5.41) is 0. The van der Waals surface area contributed by atoms with E-state index in [0.29, 0.717) is 25.1 Å². The summed E-state index contributed by atoms with van der Waals surface area (Å²) in [6.45, 7) is 3.22. The molecule has 0 saturated carbocycles. The fourth-order valence-corrected chi connectivity index (χ4v) is 1.56. The van der Waals surface area contributed by atoms with Crippen LogP contribution in [0.1, 0.15) is 30.1 Å². The minimum Gasteiger partial charge on any atom is -0.338 e. The van der Waals surface area contributed by atoms with E-state index in [4.69, 9.17) is 0 Å². The van der Waals surface area contributed by atoms with Gasteiger partial charge >= 0.3 is 0 Å². The van der Waals surface area contributed by atoms with Crippen molar-refractivity contribution in [1.29, 1.82) is 0 Å². The van der Waals surface area contributed by atoms with Crippen molar-refractivity contribution in [3.05, 3.63) is 35.9 Å². The van der Waals surface area contributed by atoms with Crippen LogP contribution in [0.3, 0.4) is 0 Å². The largest absolute Gasteiger partial charge is 0.338 e. The summed E-state index contributed by atoms with van der Waals surface area (Å²) >= 11 is 0. The molecule has 0 N–H and O–H groups in total. The van der Waals surface area contributed by atoms with Crippen LogP contribution in [0, 0.1) is 0 Å². The number of hydrogen-bond acceptors (Lipinski definition) is 2. The molecule has 3 nitrogen and oxygen atoms in total. The summed E-state index contributed by atoms with van der Waals surface area (Å²) in [6, 6.07) is 9.17. The predicted molar refractivity (Wildman–Crippen MR) is 63.3 cm³/mol. The summed E-state index contributed by atoms with van der Waals surface area (Å²) in [4.78, 5) is 24.1. The lowest BCUT2D eigenvalue weighted by Gasteiger charge is -2.21. The summed E-state index contributed by atoms with van der Waals surface area (Å²) in [5.74, 6) is 0.00398. The molecule has 0 aromatic heterocycles. The molecular weight excluding hydrogens is 202 g/mol. The number of nitrogens with zero attached hydrogens (tertiary/aromatic N) is 1. The van der Waals surface area contributed by atoms with E-state index in [1.54, 1.807) is 17.0 Å². The van der Waals surface area contributed by atoms with Crippen molar-refractivity contribution in [2.45, 2.75) is 19.8 Å². The third-order valence-corrected chi connectivity index (χ3v) is 2.32. The maximum atomic E-state index is 12.1. The Labute approximate surface area is 96.1 Å². The van der Waals surface area contributed by atoms with Crippen molar-refractivity contribution in [2.24, 2.45) is 0 Å². The highest BCUT2D eigenvalue weighted by Crippen LogP contribution is 2.05. The van der Waals surface area contributed by atoms with Crippen molar-refractivity contribution in [1.82, 2.24) is 4.90 Å². The summed E-state index contributed by atoms with van der Waals surface area (Å²) in [6.07, 6.45) is 2.15. The van der Waals surface area contributed by atoms with Gasteiger partial charge in [-0.1, -0.05) is 25.1 Å². The molecule has 0 saturated heterocycles. The number of amides is 1. The van der Waals surface area contributed by atoms with Gasteiger partial charge in [-0.25, -0.2) is 0 Å². The van der Waals surface area contributed by atoms with Gasteiger partial charge in [0, 0.05) is 25.1 Å². The number of benzene rings is 1. The first-order valence-electron chi connectivity index (χ1n) is 5.57. The highest BCUT2D eigenvalue weighted by molar-refractivity contribution is 5.94. The Morgan fingerprint density at radius 3 is 2.50 bits per heavy atom. The van der Waals surface area contributed by atoms with Crippen LogP contribution in [-0.4, -0.2) is 30.2 Å². The molecular formula is C13H17NO2. The van der Waals surface area contributed by atoms with E-state index < -0.39 is 0 Å². The van der Waals surface area contributed by atoms with Gasteiger partial charge in [0.15, 0.2) is 0 Å². The average molecular weight is 219 g/mol. The Balaban J connectivity index is 2.70. The van der Waals surface area contributed by atoms with Gasteiger partial charge in [0.2, 0.25) is 0 Å². The van der Waals surface area contributed by atoms with Gasteiger partial charge in [-0.05, 0) is 18.6 Å². The second kappa shape index (κ2) is 6.77. The first kappa shape index (κ1) is 12.4. The molecule has 0 bridgehead atoms. The predicted octanol–water partition coefficient (Wildman–Crippen LogP) is 2.13. The summed E-state index contributed by atoms with van der Waals surface area (Å²) in [5.41, 5.74) is 0.682. The van der Waals surface area contributed by atoms with Gasteiger partial charge in [0.1, 0.15) is 6.29 Å². The third-order valence-electron chi connectivity index (χ3n) is 2.32. The Bertz CT molecular complexity index is 335. The van der Waals surface area contributed by atoms with Crippen LogP contribution in [0.5, 0.6) is 0 Å². The zero-order valence-corrected chi connectivity index (χ0v) is 9.56. The number of carbonyl (C=O) groups is 2. The van der Waals surface area contributed by atoms with Gasteiger partial charge in [-0.15, -0.1) is 0 Å². The molecule has 86 valence electrons. The number of hydrogen-bond donors (Lipinski definition) is 0. The quantitative estimate of drug-likeness (QED) is 0.687. The fraction of sp³-hybridized carbons (Fsp3) is 0.385. The van der Waals surface area contributed by atoms with Crippen LogP contribution in [0.15, 0.2) is 30.3 Å². The van der Waals surface area contributed by atoms with Crippen LogP contribution in [-0.2, 0) is 4.79 Å². The minimum absolute atomic E-state index is 0.00398. The molecule has 0 aliphatic heterocycles. The van der Waals surface area contributed by atoms with E-state index in [0.717, 1.165) is 12.7 Å². The molecule has 0 heterocycles. The molecule has 0 aliphatic rings. The van der Waals surface area contributed by atoms with Crippen molar-refractivity contribution < 1.29 is 9.59 Å². The topological polar surface area (TPSA) is 37.4 Å². The molecule has 0 aliphatic carbocycles. The summed E-state index contributed by atoms with van der Waals surface area (Å²) < 4.78 is 0. The lowest BCUT2D eigenvalue weighted by molar-refractivity contribution is -0.108. The fourth-order valence-electron chi connectivity index (χ4n) is 1.56. The van der Waals surface area contributed by atoms with E-state index in [1.165, 1.54) is 0 Å². The van der Waals surface area contributed by atoms with E-state index in [9.17, 15) is 9.59 Å². The van der Waals surface area contributed by atoms with Crippen LogP contribution in [0.25, 0.3) is 0 Å². The normalized spacial score (nSPS) is 9.81. The number of carbonyl (C=O) groups excluding carboxylic acids is 2. The molecule has 1 aromatic carbocycles. The van der Waals surface area contributed by atoms with E-state index >= 15 is 0 Å². The second-order valence-electron chi connectivity index (χ2n) is 3.61. The van der Waals surface area contributed by atoms with Crippen molar-refractivity contribution in [3.63, 3.8) is 0 Å². The van der Waals surface area contributed by atoms with Crippen molar-refractivity contribution >= 4 is 12.2 Å². The van der Waals surface area contributed by atoms with Crippen LogP contribution >= 0.6 is 0 Å². The van der Waals surface area contributed by atoms with Crippen LogP contribution < -0.4 is 0 Å². The number of rotatable bonds is 6. The van der Waals surface area contributed by atoms with Crippen LogP contribution in [0.4, 0.5) is 0 Å². The van der Waals surface area contributed by atoms with Gasteiger partial charge in [-0.2, -0.15) is 0 Å².